The predicted octanol–water partition coefficient (Wildman–Crippen LogP) is 5.14. The van der Waals surface area contributed by atoms with Crippen LogP contribution in [0.2, 0.25) is 5.02 Å². The van der Waals surface area contributed by atoms with Crippen molar-refractivity contribution in [1.29, 1.82) is 0 Å². The fourth-order valence-electron chi connectivity index (χ4n) is 2.90. The van der Waals surface area contributed by atoms with Crippen molar-refractivity contribution in [2.45, 2.75) is 17.5 Å². The Morgan fingerprint density at radius 3 is 2.60 bits per heavy atom. The maximum atomic E-state index is 6.21. The van der Waals surface area contributed by atoms with Gasteiger partial charge in [0, 0.05) is 6.54 Å². The SMILES string of the molecule is C=CCn1c(SCc2nnc(-c3ccccc3Cl)o2)nnc1-c1ccccc1OC. The third-order valence-corrected chi connectivity index (χ3v) is 5.55. The number of para-hydroxylation sites is 1. The number of ether oxygens (including phenoxy) is 1. The van der Waals surface area contributed by atoms with Gasteiger partial charge in [-0.25, -0.2) is 0 Å². The summed E-state index contributed by atoms with van der Waals surface area (Å²) in [6.45, 7) is 4.40. The van der Waals surface area contributed by atoms with Crippen molar-refractivity contribution in [3.05, 3.63) is 72.1 Å². The Hall–Kier alpha value is -3.10. The van der Waals surface area contributed by atoms with Gasteiger partial charge >= 0.3 is 0 Å². The van der Waals surface area contributed by atoms with E-state index in [0.717, 1.165) is 11.3 Å². The van der Waals surface area contributed by atoms with Crippen LogP contribution in [0, 0.1) is 0 Å². The third-order valence-electron chi connectivity index (χ3n) is 4.27. The van der Waals surface area contributed by atoms with Crippen LogP contribution in [0.25, 0.3) is 22.8 Å². The number of benzene rings is 2. The van der Waals surface area contributed by atoms with Gasteiger partial charge in [-0.05, 0) is 24.3 Å². The zero-order valence-electron chi connectivity index (χ0n) is 16.2. The molecule has 0 amide bonds. The Morgan fingerprint density at radius 1 is 1.07 bits per heavy atom. The molecular weight excluding hydrogens is 422 g/mol. The van der Waals surface area contributed by atoms with Gasteiger partial charge in [-0.2, -0.15) is 0 Å². The maximum Gasteiger partial charge on any atom is 0.249 e. The molecule has 0 unspecified atom stereocenters. The number of methoxy groups -OCH3 is 1. The molecular formula is C21H18ClN5O2S. The van der Waals surface area contributed by atoms with Gasteiger partial charge in [0.15, 0.2) is 11.0 Å². The van der Waals surface area contributed by atoms with E-state index >= 15 is 0 Å². The summed E-state index contributed by atoms with van der Waals surface area (Å²) in [7, 11) is 1.63. The fraction of sp³-hybridized carbons (Fsp3) is 0.143. The minimum atomic E-state index is 0.387. The number of halogens is 1. The van der Waals surface area contributed by atoms with E-state index in [1.807, 2.05) is 47.0 Å². The van der Waals surface area contributed by atoms with Crippen LogP contribution in [0.5, 0.6) is 5.75 Å². The van der Waals surface area contributed by atoms with E-state index in [1.54, 1.807) is 19.3 Å². The molecule has 152 valence electrons. The topological polar surface area (TPSA) is 78.9 Å². The second kappa shape index (κ2) is 9.15. The largest absolute Gasteiger partial charge is 0.496 e. The van der Waals surface area contributed by atoms with Crippen LogP contribution in [-0.2, 0) is 12.3 Å². The van der Waals surface area contributed by atoms with Crippen LogP contribution in [0.3, 0.4) is 0 Å². The van der Waals surface area contributed by atoms with Gasteiger partial charge in [0.25, 0.3) is 0 Å². The molecule has 0 saturated carbocycles. The number of rotatable bonds is 8. The zero-order chi connectivity index (χ0) is 20.9. The summed E-state index contributed by atoms with van der Waals surface area (Å²) in [5.41, 5.74) is 1.57. The molecule has 9 heteroatoms. The molecule has 30 heavy (non-hydrogen) atoms. The molecule has 2 heterocycles. The Bertz CT molecular complexity index is 1170. The van der Waals surface area contributed by atoms with Crippen molar-refractivity contribution in [1.82, 2.24) is 25.0 Å². The molecule has 0 aliphatic heterocycles. The number of hydrogen-bond donors (Lipinski definition) is 0. The first-order valence-corrected chi connectivity index (χ1v) is 10.4. The van der Waals surface area contributed by atoms with E-state index in [-0.39, 0.29) is 0 Å². The van der Waals surface area contributed by atoms with Crippen molar-refractivity contribution in [2.75, 3.05) is 7.11 Å². The monoisotopic (exact) mass is 439 g/mol. The Labute approximate surface area is 182 Å². The van der Waals surface area contributed by atoms with Crippen molar-refractivity contribution in [3.8, 4) is 28.6 Å². The van der Waals surface area contributed by atoms with Crippen LogP contribution in [0.4, 0.5) is 0 Å². The average molecular weight is 440 g/mol. The second-order valence-electron chi connectivity index (χ2n) is 6.18. The normalized spacial score (nSPS) is 10.9. The van der Waals surface area contributed by atoms with Crippen LogP contribution in [0.1, 0.15) is 5.89 Å². The van der Waals surface area contributed by atoms with Crippen molar-refractivity contribution in [2.24, 2.45) is 0 Å². The molecule has 0 fully saturated rings. The van der Waals surface area contributed by atoms with Gasteiger partial charge < -0.3 is 9.15 Å². The van der Waals surface area contributed by atoms with Crippen LogP contribution in [-0.4, -0.2) is 32.1 Å². The van der Waals surface area contributed by atoms with Gasteiger partial charge in [-0.15, -0.1) is 27.0 Å². The van der Waals surface area contributed by atoms with E-state index < -0.39 is 0 Å². The molecule has 4 aromatic rings. The number of thioether (sulfide) groups is 1. The highest BCUT2D eigenvalue weighted by molar-refractivity contribution is 7.98. The van der Waals surface area contributed by atoms with Gasteiger partial charge in [0.1, 0.15) is 5.75 Å². The Kier molecular flexibility index (Phi) is 6.15. The van der Waals surface area contributed by atoms with Crippen molar-refractivity contribution >= 4 is 23.4 Å². The lowest BCUT2D eigenvalue weighted by molar-refractivity contribution is 0.416. The number of nitrogens with zero attached hydrogens (tertiary/aromatic N) is 5. The average Bonchev–Trinajstić information content (AvgIpc) is 3.40. The molecule has 0 saturated heterocycles. The molecule has 0 atom stereocenters. The zero-order valence-corrected chi connectivity index (χ0v) is 17.7. The molecule has 0 aliphatic carbocycles. The van der Waals surface area contributed by atoms with E-state index in [9.17, 15) is 0 Å². The standard InChI is InChI=1S/C21H18ClN5O2S/c1-3-12-27-19(15-9-5-7-11-17(15)28-2)24-26-21(27)30-13-18-23-25-20(29-18)14-8-4-6-10-16(14)22/h3-11H,1,12-13H2,2H3. The molecule has 2 aromatic carbocycles. The molecule has 7 nitrogen and oxygen atoms in total. The predicted molar refractivity (Wildman–Crippen MR) is 117 cm³/mol. The van der Waals surface area contributed by atoms with E-state index in [2.05, 4.69) is 27.0 Å². The van der Waals surface area contributed by atoms with Gasteiger partial charge in [0.2, 0.25) is 11.8 Å². The summed E-state index contributed by atoms with van der Waals surface area (Å²) in [5.74, 6) is 2.74. The van der Waals surface area contributed by atoms with Gasteiger partial charge in [0.05, 0.1) is 29.0 Å². The highest BCUT2D eigenvalue weighted by Gasteiger charge is 2.18. The summed E-state index contributed by atoms with van der Waals surface area (Å²) in [5, 5.41) is 18.2. The van der Waals surface area contributed by atoms with Crippen LogP contribution < -0.4 is 4.74 Å². The molecule has 0 bridgehead atoms. The molecule has 0 N–H and O–H groups in total. The number of allylic oxidation sites excluding steroid dienone is 1. The highest BCUT2D eigenvalue weighted by atomic mass is 35.5. The Morgan fingerprint density at radius 2 is 1.83 bits per heavy atom. The Balaban J connectivity index is 1.57. The number of hydrogen-bond acceptors (Lipinski definition) is 7. The number of aromatic nitrogens is 5. The lowest BCUT2D eigenvalue weighted by Gasteiger charge is -2.10. The van der Waals surface area contributed by atoms with Gasteiger partial charge in [-0.1, -0.05) is 53.7 Å². The molecule has 4 rings (SSSR count). The van der Waals surface area contributed by atoms with Crippen molar-refractivity contribution in [3.63, 3.8) is 0 Å². The molecule has 0 spiro atoms. The first-order valence-electron chi connectivity index (χ1n) is 9.09. The lowest BCUT2D eigenvalue weighted by atomic mass is 10.2. The third kappa shape index (κ3) is 4.10. The van der Waals surface area contributed by atoms with E-state index in [4.69, 9.17) is 20.8 Å². The smallest absolute Gasteiger partial charge is 0.249 e. The van der Waals surface area contributed by atoms with E-state index in [1.165, 1.54) is 11.8 Å². The molecule has 2 aromatic heterocycles. The first-order chi connectivity index (χ1) is 14.7. The highest BCUT2D eigenvalue weighted by Crippen LogP contribution is 2.32. The summed E-state index contributed by atoms with van der Waals surface area (Å²) >= 11 is 7.66. The quantitative estimate of drug-likeness (QED) is 0.278. The van der Waals surface area contributed by atoms with Crippen molar-refractivity contribution < 1.29 is 9.15 Å². The molecule has 0 radical (unpaired) electrons. The lowest BCUT2D eigenvalue weighted by Crippen LogP contribution is -2.01. The van der Waals surface area contributed by atoms with E-state index in [0.29, 0.717) is 45.6 Å². The summed E-state index contributed by atoms with van der Waals surface area (Å²) in [4.78, 5) is 0. The summed E-state index contributed by atoms with van der Waals surface area (Å²) in [6.07, 6.45) is 1.80. The first kappa shape index (κ1) is 20.2. The minimum Gasteiger partial charge on any atom is -0.496 e. The maximum absolute atomic E-state index is 6.21. The summed E-state index contributed by atoms with van der Waals surface area (Å²) in [6, 6.07) is 15.0. The minimum absolute atomic E-state index is 0.387. The van der Waals surface area contributed by atoms with Crippen LogP contribution in [0.15, 0.2) is 70.8 Å². The second-order valence-corrected chi connectivity index (χ2v) is 7.52. The summed E-state index contributed by atoms with van der Waals surface area (Å²) < 4.78 is 13.2. The van der Waals surface area contributed by atoms with Gasteiger partial charge in [-0.3, -0.25) is 4.57 Å². The molecule has 0 aliphatic rings. The van der Waals surface area contributed by atoms with Crippen LogP contribution >= 0.6 is 23.4 Å². The fourth-order valence-corrected chi connectivity index (χ4v) is 3.90.